The van der Waals surface area contributed by atoms with Gasteiger partial charge in [-0.15, -0.1) is 11.8 Å². The van der Waals surface area contributed by atoms with Gasteiger partial charge in [0.25, 0.3) is 0 Å². The number of rotatable bonds is 5. The molecule has 0 aliphatic carbocycles. The number of alkyl halides is 6. The number of halogens is 7. The van der Waals surface area contributed by atoms with E-state index in [0.717, 1.165) is 11.0 Å². The van der Waals surface area contributed by atoms with Crippen molar-refractivity contribution in [2.24, 2.45) is 4.99 Å². The quantitative estimate of drug-likeness (QED) is 0.291. The van der Waals surface area contributed by atoms with Gasteiger partial charge in [0.05, 0.1) is 11.3 Å². The molecule has 1 rings (SSSR count). The van der Waals surface area contributed by atoms with E-state index in [1.807, 2.05) is 0 Å². The zero-order valence-corrected chi connectivity index (χ0v) is 14.5. The second kappa shape index (κ2) is 8.62. The van der Waals surface area contributed by atoms with E-state index in [1.165, 1.54) is 19.9 Å². The minimum absolute atomic E-state index is 0.0532. The summed E-state index contributed by atoms with van der Waals surface area (Å²) in [5.41, 5.74) is -1.19. The molecule has 144 valence electrons. The van der Waals surface area contributed by atoms with Gasteiger partial charge in [-0.05, 0) is 26.0 Å². The number of hydrogen-bond acceptors (Lipinski definition) is 3. The molecule has 0 aliphatic heterocycles. The van der Waals surface area contributed by atoms with Crippen LogP contribution in [-0.2, 0) is 0 Å². The van der Waals surface area contributed by atoms with Crippen LogP contribution in [0.5, 0.6) is 0 Å². The molecule has 0 aromatic heterocycles. The van der Waals surface area contributed by atoms with Gasteiger partial charge in [0.1, 0.15) is 17.6 Å². The van der Waals surface area contributed by atoms with E-state index < -0.39 is 41.0 Å². The molecular formula is C15H14F7N3S. The molecule has 3 nitrogen and oxygen atoms in total. The molecule has 0 heterocycles. The number of benzene rings is 1. The first-order valence-corrected chi connectivity index (χ1v) is 8.25. The summed E-state index contributed by atoms with van der Waals surface area (Å²) in [6, 6.07) is 2.82. The molecule has 0 fully saturated rings. The first kappa shape index (κ1) is 22.1. The van der Waals surface area contributed by atoms with Gasteiger partial charge in [0.15, 0.2) is 0 Å². The minimum atomic E-state index is -4.88. The molecule has 0 radical (unpaired) electrons. The minimum Gasteiger partial charge on any atom is -0.353 e. The molecule has 0 bridgehead atoms. The van der Waals surface area contributed by atoms with Crippen LogP contribution in [-0.4, -0.2) is 41.9 Å². The lowest BCUT2D eigenvalue weighted by Crippen LogP contribution is -2.41. The summed E-state index contributed by atoms with van der Waals surface area (Å²) in [5.74, 6) is -3.97. The third-order valence-corrected chi connectivity index (χ3v) is 4.22. The Hall–Kier alpha value is -1.96. The van der Waals surface area contributed by atoms with Crippen LogP contribution in [0.25, 0.3) is 0 Å². The largest absolute Gasteiger partial charge is 0.449 e. The van der Waals surface area contributed by atoms with Gasteiger partial charge >= 0.3 is 12.4 Å². The van der Waals surface area contributed by atoms with E-state index in [0.29, 0.717) is 6.07 Å². The molecule has 11 heteroatoms. The van der Waals surface area contributed by atoms with Gasteiger partial charge in [0, 0.05) is 18.0 Å². The van der Waals surface area contributed by atoms with Crippen molar-refractivity contribution in [3.05, 3.63) is 23.5 Å². The van der Waals surface area contributed by atoms with E-state index in [4.69, 9.17) is 5.26 Å². The SMILES string of the molecule is CCN(CC)C(=Nc1cc(SCC(F)(F)F)c(C#N)cc1F)C(F)(F)F. The molecule has 26 heavy (non-hydrogen) atoms. The summed E-state index contributed by atoms with van der Waals surface area (Å²) in [6.45, 7) is 2.79. The monoisotopic (exact) mass is 401 g/mol. The van der Waals surface area contributed by atoms with Gasteiger partial charge < -0.3 is 4.90 Å². The smallest absolute Gasteiger partial charge is 0.353 e. The van der Waals surface area contributed by atoms with Crippen molar-refractivity contribution < 1.29 is 30.7 Å². The highest BCUT2D eigenvalue weighted by Gasteiger charge is 2.39. The maximum absolute atomic E-state index is 14.0. The average molecular weight is 401 g/mol. The Balaban J connectivity index is 3.44. The Bertz CT molecular complexity index is 701. The van der Waals surface area contributed by atoms with Crippen molar-refractivity contribution in [2.75, 3.05) is 18.8 Å². The van der Waals surface area contributed by atoms with Crippen molar-refractivity contribution in [1.82, 2.24) is 4.90 Å². The number of hydrogen-bond donors (Lipinski definition) is 0. The highest BCUT2D eigenvalue weighted by atomic mass is 32.2. The number of amidine groups is 1. The van der Waals surface area contributed by atoms with Gasteiger partial charge in [0.2, 0.25) is 5.84 Å². The van der Waals surface area contributed by atoms with E-state index in [9.17, 15) is 30.7 Å². The highest BCUT2D eigenvalue weighted by molar-refractivity contribution is 7.99. The molecule has 1 aromatic rings. The fourth-order valence-electron chi connectivity index (χ4n) is 1.95. The molecule has 0 aliphatic rings. The molecule has 0 N–H and O–H groups in total. The number of thioether (sulfide) groups is 1. The summed E-state index contributed by atoms with van der Waals surface area (Å²) < 4.78 is 90.7. The first-order chi connectivity index (χ1) is 11.9. The summed E-state index contributed by atoms with van der Waals surface area (Å²) in [5, 5.41) is 8.90. The zero-order chi connectivity index (χ0) is 20.1. The van der Waals surface area contributed by atoms with Crippen LogP contribution in [0.1, 0.15) is 19.4 Å². The maximum Gasteiger partial charge on any atom is 0.449 e. The van der Waals surface area contributed by atoms with Crippen LogP contribution in [0.2, 0.25) is 0 Å². The van der Waals surface area contributed by atoms with Crippen LogP contribution in [0.3, 0.4) is 0 Å². The molecule has 0 amide bonds. The second-order valence-electron chi connectivity index (χ2n) is 4.92. The van der Waals surface area contributed by atoms with Crippen LogP contribution in [0.15, 0.2) is 22.0 Å². The van der Waals surface area contributed by atoms with E-state index in [-0.39, 0.29) is 29.7 Å². The number of aliphatic imine (C=N–C) groups is 1. The van der Waals surface area contributed by atoms with Crippen molar-refractivity contribution in [3.8, 4) is 6.07 Å². The second-order valence-corrected chi connectivity index (χ2v) is 5.94. The van der Waals surface area contributed by atoms with Crippen LogP contribution in [0, 0.1) is 17.1 Å². The lowest BCUT2D eigenvalue weighted by atomic mass is 10.2. The Morgan fingerprint density at radius 3 is 2.15 bits per heavy atom. The van der Waals surface area contributed by atoms with Crippen LogP contribution >= 0.6 is 11.8 Å². The Morgan fingerprint density at radius 1 is 1.15 bits per heavy atom. The molecular weight excluding hydrogens is 387 g/mol. The topological polar surface area (TPSA) is 39.4 Å². The normalized spacial score (nSPS) is 12.8. The Labute approximate surface area is 149 Å². The average Bonchev–Trinajstić information content (AvgIpc) is 2.52. The standard InChI is InChI=1S/C15H14F7N3S/c1-3-25(4-2)13(15(20,21)22)24-11-6-12(26-8-14(17,18)19)9(7-23)5-10(11)16/h5-6H,3-4,8H2,1-2H3. The first-order valence-electron chi connectivity index (χ1n) is 7.27. The fourth-order valence-corrected chi connectivity index (χ4v) is 2.72. The summed E-state index contributed by atoms with van der Waals surface area (Å²) in [7, 11) is 0. The lowest BCUT2D eigenvalue weighted by molar-refractivity contribution is -0.105. The van der Waals surface area contributed by atoms with Crippen molar-refractivity contribution in [3.63, 3.8) is 0 Å². The Morgan fingerprint density at radius 2 is 1.73 bits per heavy atom. The van der Waals surface area contributed by atoms with Gasteiger partial charge in [-0.1, -0.05) is 0 Å². The van der Waals surface area contributed by atoms with Crippen molar-refractivity contribution in [1.29, 1.82) is 5.26 Å². The van der Waals surface area contributed by atoms with Gasteiger partial charge in [-0.3, -0.25) is 0 Å². The van der Waals surface area contributed by atoms with Crippen molar-refractivity contribution in [2.45, 2.75) is 31.1 Å². The predicted octanol–water partition coefficient (Wildman–Crippen LogP) is 5.29. The Kier molecular flexibility index (Phi) is 7.32. The van der Waals surface area contributed by atoms with E-state index in [2.05, 4.69) is 4.99 Å². The fraction of sp³-hybridized carbons (Fsp3) is 0.467. The molecule has 0 unspecified atom stereocenters. The summed E-state index contributed by atoms with van der Waals surface area (Å²) in [4.78, 5) is 3.84. The third kappa shape index (κ3) is 6.09. The molecule has 0 saturated carbocycles. The number of nitrogens with zero attached hydrogens (tertiary/aromatic N) is 3. The van der Waals surface area contributed by atoms with Crippen molar-refractivity contribution >= 4 is 23.3 Å². The maximum atomic E-state index is 14.0. The summed E-state index contributed by atoms with van der Waals surface area (Å²) >= 11 is 0.178. The predicted molar refractivity (Wildman–Crippen MR) is 84.0 cm³/mol. The molecule has 1 aromatic carbocycles. The lowest BCUT2D eigenvalue weighted by Gasteiger charge is -2.24. The zero-order valence-electron chi connectivity index (χ0n) is 13.7. The van der Waals surface area contributed by atoms with E-state index in [1.54, 1.807) is 0 Å². The number of nitriles is 1. The molecule has 0 atom stereocenters. The van der Waals surface area contributed by atoms with Crippen LogP contribution < -0.4 is 0 Å². The molecule has 0 spiro atoms. The highest BCUT2D eigenvalue weighted by Crippen LogP contribution is 2.34. The van der Waals surface area contributed by atoms with Gasteiger partial charge in [-0.25, -0.2) is 9.38 Å². The summed E-state index contributed by atoms with van der Waals surface area (Å²) in [6.07, 6.45) is -9.45. The van der Waals surface area contributed by atoms with E-state index >= 15 is 0 Å². The van der Waals surface area contributed by atoms with Gasteiger partial charge in [-0.2, -0.15) is 31.6 Å². The molecule has 0 saturated heterocycles. The third-order valence-electron chi connectivity index (χ3n) is 3.10. The van der Waals surface area contributed by atoms with Crippen LogP contribution in [0.4, 0.5) is 36.4 Å².